The highest BCUT2D eigenvalue weighted by Gasteiger charge is 2.43. The minimum atomic E-state index is -1.27. The van der Waals surface area contributed by atoms with E-state index in [-0.39, 0.29) is 18.9 Å². The smallest absolute Gasteiger partial charge is 0.331 e. The molecule has 2 aliphatic rings. The molecule has 25 heavy (non-hydrogen) atoms. The van der Waals surface area contributed by atoms with Gasteiger partial charge in [0, 0.05) is 19.4 Å². The Bertz CT molecular complexity index is 618. The number of aryl methyl sites for hydroxylation is 1. The van der Waals surface area contributed by atoms with Crippen LogP contribution < -0.4 is 10.1 Å². The van der Waals surface area contributed by atoms with E-state index >= 15 is 0 Å². The van der Waals surface area contributed by atoms with Crippen LogP contribution in [0.5, 0.6) is 5.75 Å². The van der Waals surface area contributed by atoms with Crippen LogP contribution in [0.15, 0.2) is 24.3 Å². The van der Waals surface area contributed by atoms with Crippen molar-refractivity contribution in [1.29, 1.82) is 0 Å². The number of hydrogen-bond acceptors (Lipinski definition) is 4. The first-order valence-electron chi connectivity index (χ1n) is 8.95. The minimum absolute atomic E-state index is 0.0266. The average Bonchev–Trinajstić information content (AvgIpc) is 3.26. The summed E-state index contributed by atoms with van der Waals surface area (Å²) in [6, 6.07) is 7.80. The maximum absolute atomic E-state index is 12.2. The SMILES string of the molecule is O=C(CCc1cccc(OC2CCCC2)c1)NC1(C(=O)O)CCOC1. The molecule has 1 saturated carbocycles. The van der Waals surface area contributed by atoms with Crippen LogP contribution in [0.25, 0.3) is 0 Å². The van der Waals surface area contributed by atoms with Crippen molar-refractivity contribution < 1.29 is 24.2 Å². The summed E-state index contributed by atoms with van der Waals surface area (Å²) in [4.78, 5) is 23.6. The summed E-state index contributed by atoms with van der Waals surface area (Å²) in [6.45, 7) is 0.381. The lowest BCUT2D eigenvalue weighted by Crippen LogP contribution is -2.55. The molecular weight excluding hydrogens is 322 g/mol. The maximum atomic E-state index is 12.2. The second-order valence-electron chi connectivity index (χ2n) is 6.91. The third-order valence-electron chi connectivity index (χ3n) is 4.95. The number of ether oxygens (including phenoxy) is 2. The molecule has 1 aromatic carbocycles. The van der Waals surface area contributed by atoms with Crippen molar-refractivity contribution in [3.63, 3.8) is 0 Å². The van der Waals surface area contributed by atoms with E-state index in [2.05, 4.69) is 5.32 Å². The Morgan fingerprint density at radius 3 is 2.80 bits per heavy atom. The molecule has 1 amide bonds. The lowest BCUT2D eigenvalue weighted by Gasteiger charge is -2.23. The topological polar surface area (TPSA) is 84.9 Å². The zero-order valence-corrected chi connectivity index (χ0v) is 14.3. The number of carbonyl (C=O) groups is 2. The Labute approximate surface area is 147 Å². The zero-order chi connectivity index (χ0) is 17.7. The van der Waals surface area contributed by atoms with Crippen LogP contribution in [0, 0.1) is 0 Å². The zero-order valence-electron chi connectivity index (χ0n) is 14.3. The van der Waals surface area contributed by atoms with Gasteiger partial charge in [0.1, 0.15) is 5.75 Å². The van der Waals surface area contributed by atoms with Gasteiger partial charge in [0.05, 0.1) is 12.7 Å². The molecule has 1 saturated heterocycles. The molecule has 1 aliphatic heterocycles. The molecule has 0 radical (unpaired) electrons. The lowest BCUT2D eigenvalue weighted by molar-refractivity contribution is -0.147. The van der Waals surface area contributed by atoms with Gasteiger partial charge in [-0.2, -0.15) is 0 Å². The number of hydrogen-bond donors (Lipinski definition) is 2. The molecule has 1 aliphatic carbocycles. The van der Waals surface area contributed by atoms with Gasteiger partial charge in [-0.05, 0) is 49.8 Å². The van der Waals surface area contributed by atoms with Crippen LogP contribution in [-0.2, 0) is 20.7 Å². The summed E-state index contributed by atoms with van der Waals surface area (Å²) in [5.74, 6) is -0.462. The van der Waals surface area contributed by atoms with Gasteiger partial charge in [-0.25, -0.2) is 4.79 Å². The van der Waals surface area contributed by atoms with E-state index in [4.69, 9.17) is 9.47 Å². The molecule has 2 N–H and O–H groups in total. The minimum Gasteiger partial charge on any atom is -0.490 e. The van der Waals surface area contributed by atoms with Gasteiger partial charge < -0.3 is 19.9 Å². The molecule has 1 aromatic rings. The molecule has 1 heterocycles. The van der Waals surface area contributed by atoms with E-state index in [9.17, 15) is 14.7 Å². The molecule has 2 fully saturated rings. The molecule has 3 rings (SSSR count). The average molecular weight is 347 g/mol. The van der Waals surface area contributed by atoms with E-state index in [0.717, 1.165) is 24.2 Å². The van der Waals surface area contributed by atoms with Crippen LogP contribution in [0.2, 0.25) is 0 Å². The summed E-state index contributed by atoms with van der Waals surface area (Å²) in [5, 5.41) is 12.0. The van der Waals surface area contributed by atoms with E-state index in [1.54, 1.807) is 0 Å². The quantitative estimate of drug-likeness (QED) is 0.790. The standard InChI is InChI=1S/C19H25NO5/c21-17(20-19(18(22)23)10-11-24-13-19)9-8-14-4-3-7-16(12-14)25-15-5-1-2-6-15/h3-4,7,12,15H,1-2,5-6,8-11,13H2,(H,20,21)(H,22,23). The third-order valence-corrected chi connectivity index (χ3v) is 4.95. The number of nitrogens with one attached hydrogen (secondary N) is 1. The number of carboxylic acids is 1. The molecule has 0 bridgehead atoms. The number of aliphatic carboxylic acids is 1. The van der Waals surface area contributed by atoms with Crippen LogP contribution in [0.1, 0.15) is 44.1 Å². The van der Waals surface area contributed by atoms with Gasteiger partial charge in [-0.15, -0.1) is 0 Å². The second kappa shape index (κ2) is 7.87. The monoisotopic (exact) mass is 347 g/mol. The predicted octanol–water partition coefficient (Wildman–Crippen LogP) is 2.30. The van der Waals surface area contributed by atoms with Gasteiger partial charge in [0.25, 0.3) is 0 Å². The van der Waals surface area contributed by atoms with E-state index in [1.165, 1.54) is 12.8 Å². The Hall–Kier alpha value is -2.08. The van der Waals surface area contributed by atoms with Crippen LogP contribution >= 0.6 is 0 Å². The fraction of sp³-hybridized carbons (Fsp3) is 0.579. The fourth-order valence-corrected chi connectivity index (χ4v) is 3.45. The first-order valence-corrected chi connectivity index (χ1v) is 8.95. The van der Waals surface area contributed by atoms with Crippen molar-refractivity contribution >= 4 is 11.9 Å². The summed E-state index contributed by atoms with van der Waals surface area (Å²) >= 11 is 0. The van der Waals surface area contributed by atoms with Crippen molar-refractivity contribution in [1.82, 2.24) is 5.32 Å². The highest BCUT2D eigenvalue weighted by atomic mass is 16.5. The first-order chi connectivity index (χ1) is 12.1. The number of benzene rings is 1. The van der Waals surface area contributed by atoms with Gasteiger partial charge in [0.15, 0.2) is 5.54 Å². The number of carboxylic acid groups (broad SMARTS) is 1. The summed E-state index contributed by atoms with van der Waals surface area (Å²) in [5.41, 5.74) is -0.262. The first kappa shape index (κ1) is 17.7. The van der Waals surface area contributed by atoms with Crippen molar-refractivity contribution in [3.05, 3.63) is 29.8 Å². The van der Waals surface area contributed by atoms with Crippen molar-refractivity contribution in [3.8, 4) is 5.75 Å². The molecule has 1 atom stereocenters. The molecule has 0 aromatic heterocycles. The number of carbonyl (C=O) groups excluding carboxylic acids is 1. The summed E-state index contributed by atoms with van der Waals surface area (Å²) < 4.78 is 11.1. The van der Waals surface area contributed by atoms with Crippen LogP contribution in [0.3, 0.4) is 0 Å². The third kappa shape index (κ3) is 4.51. The highest BCUT2D eigenvalue weighted by molar-refractivity contribution is 5.87. The normalized spacial score (nSPS) is 23.5. The number of rotatable bonds is 7. The summed E-state index contributed by atoms with van der Waals surface area (Å²) in [6.07, 6.45) is 6.04. The molecular formula is C19H25NO5. The molecule has 0 spiro atoms. The van der Waals surface area contributed by atoms with Crippen molar-refractivity contribution in [2.24, 2.45) is 0 Å². The van der Waals surface area contributed by atoms with Gasteiger partial charge in [-0.3, -0.25) is 4.79 Å². The molecule has 6 heteroatoms. The molecule has 136 valence electrons. The highest BCUT2D eigenvalue weighted by Crippen LogP contribution is 2.25. The Balaban J connectivity index is 1.52. The van der Waals surface area contributed by atoms with Gasteiger partial charge in [0.2, 0.25) is 5.91 Å². The van der Waals surface area contributed by atoms with Gasteiger partial charge >= 0.3 is 5.97 Å². The summed E-state index contributed by atoms with van der Waals surface area (Å²) in [7, 11) is 0. The van der Waals surface area contributed by atoms with Crippen molar-refractivity contribution in [2.45, 2.75) is 56.6 Å². The second-order valence-corrected chi connectivity index (χ2v) is 6.91. The Morgan fingerprint density at radius 1 is 1.32 bits per heavy atom. The van der Waals surface area contributed by atoms with Crippen LogP contribution in [0.4, 0.5) is 0 Å². The van der Waals surface area contributed by atoms with E-state index < -0.39 is 11.5 Å². The predicted molar refractivity (Wildman–Crippen MR) is 91.6 cm³/mol. The van der Waals surface area contributed by atoms with E-state index in [1.807, 2.05) is 24.3 Å². The van der Waals surface area contributed by atoms with Crippen LogP contribution in [-0.4, -0.2) is 41.8 Å². The molecule has 1 unspecified atom stereocenters. The fourth-order valence-electron chi connectivity index (χ4n) is 3.45. The Morgan fingerprint density at radius 2 is 2.12 bits per heavy atom. The Kier molecular flexibility index (Phi) is 5.58. The lowest BCUT2D eigenvalue weighted by atomic mass is 9.98. The molecule has 6 nitrogen and oxygen atoms in total. The van der Waals surface area contributed by atoms with Crippen molar-refractivity contribution in [2.75, 3.05) is 13.2 Å². The maximum Gasteiger partial charge on any atom is 0.331 e. The number of amides is 1. The van der Waals surface area contributed by atoms with Gasteiger partial charge in [-0.1, -0.05) is 12.1 Å². The largest absolute Gasteiger partial charge is 0.490 e. The van der Waals surface area contributed by atoms with E-state index in [0.29, 0.717) is 25.6 Å².